The molecule has 1 N–H and O–H groups in total. The molecule has 1 saturated carbocycles. The van der Waals surface area contributed by atoms with Gasteiger partial charge in [-0.1, -0.05) is 24.3 Å². The van der Waals surface area contributed by atoms with Gasteiger partial charge in [0.1, 0.15) is 0 Å². The molecule has 6 nitrogen and oxygen atoms in total. The maximum atomic E-state index is 13.5. The van der Waals surface area contributed by atoms with E-state index in [9.17, 15) is 18.4 Å². The summed E-state index contributed by atoms with van der Waals surface area (Å²) in [5, 5.41) is 2.82. The van der Waals surface area contributed by atoms with Crippen LogP contribution >= 0.6 is 0 Å². The van der Waals surface area contributed by atoms with Crippen LogP contribution in [0.2, 0.25) is 0 Å². The van der Waals surface area contributed by atoms with Crippen molar-refractivity contribution in [3.63, 3.8) is 0 Å². The Hall–Kier alpha value is -3.16. The lowest BCUT2D eigenvalue weighted by molar-refractivity contribution is -0.136. The minimum absolute atomic E-state index is 0.0391. The highest BCUT2D eigenvalue weighted by Gasteiger charge is 2.39. The van der Waals surface area contributed by atoms with Gasteiger partial charge in [0.25, 0.3) is 0 Å². The zero-order chi connectivity index (χ0) is 22.0. The third-order valence-corrected chi connectivity index (χ3v) is 5.45. The number of halogens is 2. The number of carbonyl (C=O) groups is 2. The number of amides is 2. The van der Waals surface area contributed by atoms with Crippen molar-refractivity contribution < 1.29 is 27.8 Å². The third kappa shape index (κ3) is 4.78. The molecule has 2 aromatic carbocycles. The molecule has 1 atom stereocenters. The van der Waals surface area contributed by atoms with E-state index in [1.54, 1.807) is 30.0 Å². The molecule has 0 radical (unpaired) electrons. The molecule has 31 heavy (non-hydrogen) atoms. The number of rotatable bonds is 8. The molecule has 1 aliphatic heterocycles. The lowest BCUT2D eigenvalue weighted by Crippen LogP contribution is -2.39. The average Bonchev–Trinajstić information content (AvgIpc) is 3.57. The Kier molecular flexibility index (Phi) is 6.06. The first-order valence-corrected chi connectivity index (χ1v) is 10.4. The molecular weight excluding hydrogens is 406 g/mol. The fourth-order valence-electron chi connectivity index (χ4n) is 3.91. The van der Waals surface area contributed by atoms with Crippen molar-refractivity contribution in [2.45, 2.75) is 51.3 Å². The van der Waals surface area contributed by atoms with Crippen molar-refractivity contribution in [3.05, 3.63) is 53.6 Å². The summed E-state index contributed by atoms with van der Waals surface area (Å²) in [7, 11) is 0. The van der Waals surface area contributed by atoms with E-state index in [0.29, 0.717) is 18.8 Å². The number of ether oxygens (including phenoxy) is 2. The number of hydrogen-bond donors (Lipinski definition) is 1. The zero-order valence-corrected chi connectivity index (χ0v) is 17.1. The van der Waals surface area contributed by atoms with Crippen LogP contribution < -0.4 is 14.8 Å². The number of carbonyl (C=O) groups excluding carboxylic acids is 2. The SMILES string of the molecule is CCOc1cc(CN(C(=O)C2CC(=O)Nc3ccccc32)C2CC2)ccc1OC(F)F. The van der Waals surface area contributed by atoms with Crippen LogP contribution in [0.4, 0.5) is 14.5 Å². The Morgan fingerprint density at radius 2 is 1.97 bits per heavy atom. The number of nitrogens with one attached hydrogen (secondary N) is 1. The van der Waals surface area contributed by atoms with Gasteiger partial charge < -0.3 is 19.7 Å². The van der Waals surface area contributed by atoms with Gasteiger partial charge in [-0.2, -0.15) is 8.78 Å². The summed E-state index contributed by atoms with van der Waals surface area (Å²) < 4.78 is 35.3. The second kappa shape index (κ2) is 8.91. The van der Waals surface area contributed by atoms with Gasteiger partial charge in [-0.05, 0) is 49.1 Å². The number of para-hydroxylation sites is 1. The molecule has 1 heterocycles. The van der Waals surface area contributed by atoms with Gasteiger partial charge in [0.05, 0.1) is 12.5 Å². The van der Waals surface area contributed by atoms with Gasteiger partial charge in [-0.3, -0.25) is 9.59 Å². The van der Waals surface area contributed by atoms with Gasteiger partial charge in [-0.25, -0.2) is 0 Å². The van der Waals surface area contributed by atoms with E-state index < -0.39 is 12.5 Å². The van der Waals surface area contributed by atoms with Gasteiger partial charge >= 0.3 is 6.61 Å². The number of alkyl halides is 2. The molecule has 0 bridgehead atoms. The highest BCUT2D eigenvalue weighted by molar-refractivity contribution is 6.01. The van der Waals surface area contributed by atoms with Crippen LogP contribution in [0.1, 0.15) is 43.2 Å². The number of fused-ring (bicyclic) bond motifs is 1. The molecule has 0 saturated heterocycles. The maximum absolute atomic E-state index is 13.5. The Balaban J connectivity index is 1.58. The van der Waals surface area contributed by atoms with Crippen molar-refractivity contribution in [2.75, 3.05) is 11.9 Å². The molecular formula is C23H24F2N2O4. The van der Waals surface area contributed by atoms with Crippen LogP contribution in [0.3, 0.4) is 0 Å². The highest BCUT2D eigenvalue weighted by Crippen LogP contribution is 2.38. The first-order valence-electron chi connectivity index (χ1n) is 10.4. The van der Waals surface area contributed by atoms with E-state index in [1.165, 1.54) is 6.07 Å². The smallest absolute Gasteiger partial charge is 0.387 e. The molecule has 0 spiro atoms. The van der Waals surface area contributed by atoms with E-state index in [0.717, 1.165) is 24.0 Å². The molecule has 2 aromatic rings. The largest absolute Gasteiger partial charge is 0.490 e. The van der Waals surface area contributed by atoms with E-state index >= 15 is 0 Å². The minimum Gasteiger partial charge on any atom is -0.490 e. The summed E-state index contributed by atoms with van der Waals surface area (Å²) in [5.74, 6) is -0.650. The zero-order valence-electron chi connectivity index (χ0n) is 17.1. The average molecular weight is 430 g/mol. The van der Waals surface area contributed by atoms with Gasteiger partial charge in [-0.15, -0.1) is 0 Å². The van der Waals surface area contributed by atoms with Gasteiger partial charge in [0.15, 0.2) is 11.5 Å². The van der Waals surface area contributed by atoms with Crippen LogP contribution in [-0.2, 0) is 16.1 Å². The van der Waals surface area contributed by atoms with Crippen molar-refractivity contribution >= 4 is 17.5 Å². The Bertz CT molecular complexity index is 978. The predicted molar refractivity (Wildman–Crippen MR) is 110 cm³/mol. The van der Waals surface area contributed by atoms with E-state index in [-0.39, 0.29) is 35.8 Å². The molecule has 8 heteroatoms. The van der Waals surface area contributed by atoms with Crippen LogP contribution in [0.5, 0.6) is 11.5 Å². The number of benzene rings is 2. The lowest BCUT2D eigenvalue weighted by Gasteiger charge is -2.31. The topological polar surface area (TPSA) is 67.9 Å². The standard InChI is InChI=1S/C23H24F2N2O4/c1-2-30-20-11-14(7-10-19(20)31-23(24)25)13-27(15-8-9-15)22(29)17-12-21(28)26-18-6-4-3-5-16(17)18/h3-7,10-11,15,17,23H,2,8-9,12-13H2,1H3,(H,26,28). The third-order valence-electron chi connectivity index (χ3n) is 5.45. The summed E-state index contributed by atoms with van der Waals surface area (Å²) in [5.41, 5.74) is 2.23. The number of anilines is 1. The summed E-state index contributed by atoms with van der Waals surface area (Å²) in [4.78, 5) is 27.5. The lowest BCUT2D eigenvalue weighted by atomic mass is 9.89. The quantitative estimate of drug-likeness (QED) is 0.678. The number of hydrogen-bond acceptors (Lipinski definition) is 4. The van der Waals surface area contributed by atoms with E-state index in [1.807, 2.05) is 18.2 Å². The van der Waals surface area contributed by atoms with Crippen molar-refractivity contribution in [3.8, 4) is 11.5 Å². The normalized spacial score (nSPS) is 17.7. The van der Waals surface area contributed by atoms with Crippen LogP contribution in [-0.4, -0.2) is 36.0 Å². The van der Waals surface area contributed by atoms with Crippen LogP contribution in [0.15, 0.2) is 42.5 Å². The van der Waals surface area contributed by atoms with E-state index in [4.69, 9.17) is 4.74 Å². The van der Waals surface area contributed by atoms with Crippen molar-refractivity contribution in [2.24, 2.45) is 0 Å². The fraction of sp³-hybridized carbons (Fsp3) is 0.391. The van der Waals surface area contributed by atoms with Crippen LogP contribution in [0.25, 0.3) is 0 Å². The Labute approximate surface area is 179 Å². The molecule has 164 valence electrons. The second-order valence-corrected chi connectivity index (χ2v) is 7.68. The first kappa shape index (κ1) is 21.1. The van der Waals surface area contributed by atoms with Gasteiger partial charge in [0, 0.05) is 24.7 Å². The monoisotopic (exact) mass is 430 g/mol. The summed E-state index contributed by atoms with van der Waals surface area (Å²) in [6.07, 6.45) is 1.90. The molecule has 2 amide bonds. The Morgan fingerprint density at radius 1 is 1.19 bits per heavy atom. The second-order valence-electron chi connectivity index (χ2n) is 7.68. The highest BCUT2D eigenvalue weighted by atomic mass is 19.3. The number of nitrogens with zero attached hydrogens (tertiary/aromatic N) is 1. The van der Waals surface area contributed by atoms with E-state index in [2.05, 4.69) is 10.1 Å². The van der Waals surface area contributed by atoms with Gasteiger partial charge in [0.2, 0.25) is 11.8 Å². The van der Waals surface area contributed by atoms with Crippen molar-refractivity contribution in [1.82, 2.24) is 4.90 Å². The summed E-state index contributed by atoms with van der Waals surface area (Å²) >= 11 is 0. The molecule has 1 aliphatic carbocycles. The summed E-state index contributed by atoms with van der Waals surface area (Å²) in [6.45, 7) is -0.599. The molecule has 2 aliphatic rings. The summed E-state index contributed by atoms with van der Waals surface area (Å²) in [6, 6.07) is 12.2. The molecule has 1 unspecified atom stereocenters. The maximum Gasteiger partial charge on any atom is 0.387 e. The minimum atomic E-state index is -2.95. The molecule has 1 fully saturated rings. The Morgan fingerprint density at radius 3 is 2.68 bits per heavy atom. The molecule has 4 rings (SSSR count). The van der Waals surface area contributed by atoms with Crippen molar-refractivity contribution in [1.29, 1.82) is 0 Å². The predicted octanol–water partition coefficient (Wildman–Crippen LogP) is 4.30. The van der Waals surface area contributed by atoms with Crippen LogP contribution in [0, 0.1) is 0 Å². The fourth-order valence-corrected chi connectivity index (χ4v) is 3.91. The molecule has 0 aromatic heterocycles. The first-order chi connectivity index (χ1) is 15.0.